The van der Waals surface area contributed by atoms with Gasteiger partial charge in [-0.2, -0.15) is 0 Å². The molecule has 1 amide bonds. The number of hydrogen-bond donors (Lipinski definition) is 0. The highest BCUT2D eigenvalue weighted by molar-refractivity contribution is 6.52. The summed E-state index contributed by atoms with van der Waals surface area (Å²) in [6.45, 7) is 0.334. The topological polar surface area (TPSA) is 50.3 Å². The number of halogens is 1. The molecule has 0 saturated carbocycles. The number of anilines is 1. The number of aromatic nitrogens is 1. The van der Waals surface area contributed by atoms with E-state index in [1.807, 2.05) is 0 Å². The Hall–Kier alpha value is -2.20. The molecule has 0 fully saturated rings. The number of fused-ring (bicyclic) bond motifs is 1. The number of carbonyl (C=O) groups is 2. The van der Waals surface area contributed by atoms with Crippen molar-refractivity contribution < 1.29 is 9.59 Å². The van der Waals surface area contributed by atoms with Crippen molar-refractivity contribution >= 4 is 29.0 Å². The lowest BCUT2D eigenvalue weighted by Crippen LogP contribution is -2.29. The van der Waals surface area contributed by atoms with Gasteiger partial charge in [-0.15, -0.1) is 0 Å². The van der Waals surface area contributed by atoms with E-state index in [-0.39, 0.29) is 0 Å². The summed E-state index contributed by atoms with van der Waals surface area (Å²) in [5, 5.41) is 0.501. The molecule has 0 unspecified atom stereocenters. The smallest absolute Gasteiger partial charge is 0.299 e. The molecule has 94 valence electrons. The Morgan fingerprint density at radius 3 is 2.58 bits per heavy atom. The molecule has 0 spiro atoms. The van der Waals surface area contributed by atoms with E-state index in [0.29, 0.717) is 22.8 Å². The van der Waals surface area contributed by atoms with Crippen molar-refractivity contribution in [2.45, 2.75) is 6.54 Å². The lowest BCUT2D eigenvalue weighted by Gasteiger charge is -2.16. The van der Waals surface area contributed by atoms with Crippen LogP contribution in [0.5, 0.6) is 0 Å². The predicted octanol–water partition coefficient (Wildman–Crippen LogP) is 2.46. The highest BCUT2D eigenvalue weighted by Crippen LogP contribution is 2.32. The van der Waals surface area contributed by atoms with Crippen LogP contribution in [0.15, 0.2) is 42.7 Å². The molecule has 1 aliphatic heterocycles. The van der Waals surface area contributed by atoms with Crippen LogP contribution in [-0.2, 0) is 11.3 Å². The summed E-state index contributed by atoms with van der Waals surface area (Å²) in [5.74, 6) is -1.00. The van der Waals surface area contributed by atoms with Crippen molar-refractivity contribution in [3.05, 3.63) is 58.9 Å². The number of pyridine rings is 1. The third-order valence-corrected chi connectivity index (χ3v) is 3.26. The number of amides is 1. The number of rotatable bonds is 2. The first kappa shape index (κ1) is 11.9. The van der Waals surface area contributed by atoms with E-state index in [9.17, 15) is 9.59 Å². The normalized spacial score (nSPS) is 13.8. The Labute approximate surface area is 114 Å². The fraction of sp³-hybridized carbons (Fsp3) is 0.0714. The molecular weight excluding hydrogens is 264 g/mol. The van der Waals surface area contributed by atoms with Gasteiger partial charge in [0, 0.05) is 17.4 Å². The molecule has 5 heteroatoms. The maximum atomic E-state index is 12.0. The van der Waals surface area contributed by atoms with Gasteiger partial charge in [0.1, 0.15) is 0 Å². The lowest BCUT2D eigenvalue weighted by molar-refractivity contribution is -0.114. The summed E-state index contributed by atoms with van der Waals surface area (Å²) < 4.78 is 0. The SMILES string of the molecule is O=C1C(=O)N(Cc2ccncc2)c2cc(Cl)ccc21. The first-order valence-corrected chi connectivity index (χ1v) is 6.09. The Morgan fingerprint density at radius 1 is 1.11 bits per heavy atom. The Bertz CT molecular complexity index is 670. The van der Waals surface area contributed by atoms with E-state index >= 15 is 0 Å². The van der Waals surface area contributed by atoms with Gasteiger partial charge in [-0.25, -0.2) is 0 Å². The van der Waals surface area contributed by atoms with Crippen LogP contribution in [0.4, 0.5) is 5.69 Å². The second kappa shape index (κ2) is 4.48. The minimum atomic E-state index is -0.519. The maximum absolute atomic E-state index is 12.0. The molecule has 0 radical (unpaired) electrons. The molecule has 1 aromatic heterocycles. The Kier molecular flexibility index (Phi) is 2.80. The summed E-state index contributed by atoms with van der Waals surface area (Å²) in [6.07, 6.45) is 3.30. The summed E-state index contributed by atoms with van der Waals surface area (Å²) in [6, 6.07) is 8.45. The molecule has 0 atom stereocenters. The number of Topliss-reactive ketones (excluding diaryl/α,β-unsaturated/α-hetero) is 1. The molecule has 1 aromatic carbocycles. The van der Waals surface area contributed by atoms with Gasteiger partial charge in [-0.3, -0.25) is 14.6 Å². The highest BCUT2D eigenvalue weighted by atomic mass is 35.5. The molecule has 0 saturated heterocycles. The highest BCUT2D eigenvalue weighted by Gasteiger charge is 2.35. The minimum absolute atomic E-state index is 0.334. The van der Waals surface area contributed by atoms with Gasteiger partial charge in [0.25, 0.3) is 11.7 Å². The molecule has 2 heterocycles. The average molecular weight is 273 g/mol. The van der Waals surface area contributed by atoms with Gasteiger partial charge in [0.2, 0.25) is 0 Å². The molecular formula is C14H9ClN2O2. The fourth-order valence-corrected chi connectivity index (χ4v) is 2.26. The summed E-state index contributed by atoms with van der Waals surface area (Å²) >= 11 is 5.93. The van der Waals surface area contributed by atoms with Crippen LogP contribution < -0.4 is 4.90 Å². The van der Waals surface area contributed by atoms with E-state index in [1.165, 1.54) is 4.90 Å². The van der Waals surface area contributed by atoms with Crippen molar-refractivity contribution in [2.24, 2.45) is 0 Å². The Morgan fingerprint density at radius 2 is 1.84 bits per heavy atom. The van der Waals surface area contributed by atoms with E-state index < -0.39 is 11.7 Å². The predicted molar refractivity (Wildman–Crippen MR) is 71.2 cm³/mol. The van der Waals surface area contributed by atoms with Crippen molar-refractivity contribution in [3.63, 3.8) is 0 Å². The number of hydrogen-bond acceptors (Lipinski definition) is 3. The molecule has 4 nitrogen and oxygen atoms in total. The third-order valence-electron chi connectivity index (χ3n) is 3.02. The van der Waals surface area contributed by atoms with E-state index in [0.717, 1.165) is 5.56 Å². The largest absolute Gasteiger partial charge is 0.300 e. The molecule has 0 N–H and O–H groups in total. The molecule has 0 aliphatic carbocycles. The molecule has 19 heavy (non-hydrogen) atoms. The summed E-state index contributed by atoms with van der Waals surface area (Å²) in [7, 11) is 0. The van der Waals surface area contributed by atoms with Crippen LogP contribution >= 0.6 is 11.6 Å². The van der Waals surface area contributed by atoms with Crippen molar-refractivity contribution in [1.29, 1.82) is 0 Å². The van der Waals surface area contributed by atoms with Gasteiger partial charge in [-0.05, 0) is 35.9 Å². The maximum Gasteiger partial charge on any atom is 0.299 e. The first-order valence-electron chi connectivity index (χ1n) is 5.71. The lowest BCUT2D eigenvalue weighted by atomic mass is 10.1. The van der Waals surface area contributed by atoms with Crippen LogP contribution in [0.25, 0.3) is 0 Å². The number of ketones is 1. The van der Waals surface area contributed by atoms with Gasteiger partial charge in [-0.1, -0.05) is 11.6 Å². The van der Waals surface area contributed by atoms with Crippen LogP contribution in [0.3, 0.4) is 0 Å². The average Bonchev–Trinajstić information content (AvgIpc) is 2.65. The second-order valence-electron chi connectivity index (χ2n) is 4.24. The minimum Gasteiger partial charge on any atom is -0.300 e. The standard InChI is InChI=1S/C14H9ClN2O2/c15-10-1-2-11-12(7-10)17(14(19)13(11)18)8-9-3-5-16-6-4-9/h1-7H,8H2. The monoisotopic (exact) mass is 272 g/mol. The molecule has 1 aliphatic rings. The van der Waals surface area contributed by atoms with Crippen LogP contribution in [0.1, 0.15) is 15.9 Å². The van der Waals surface area contributed by atoms with E-state index in [4.69, 9.17) is 11.6 Å². The molecule has 3 rings (SSSR count). The zero-order valence-electron chi connectivity index (χ0n) is 9.84. The zero-order chi connectivity index (χ0) is 13.4. The van der Waals surface area contributed by atoms with Crippen LogP contribution in [-0.4, -0.2) is 16.7 Å². The van der Waals surface area contributed by atoms with Gasteiger partial charge in [0.15, 0.2) is 0 Å². The number of benzene rings is 1. The van der Waals surface area contributed by atoms with Gasteiger partial charge < -0.3 is 4.90 Å². The first-order chi connectivity index (χ1) is 9.16. The zero-order valence-corrected chi connectivity index (χ0v) is 10.6. The van der Waals surface area contributed by atoms with Crippen molar-refractivity contribution in [2.75, 3.05) is 4.90 Å². The summed E-state index contributed by atoms with van der Waals surface area (Å²) in [4.78, 5) is 29.2. The van der Waals surface area contributed by atoms with Gasteiger partial charge in [0.05, 0.1) is 17.8 Å². The number of carbonyl (C=O) groups excluding carboxylic acids is 2. The molecule has 2 aromatic rings. The second-order valence-corrected chi connectivity index (χ2v) is 4.67. The van der Waals surface area contributed by atoms with Crippen molar-refractivity contribution in [3.8, 4) is 0 Å². The van der Waals surface area contributed by atoms with E-state index in [1.54, 1.807) is 42.7 Å². The van der Waals surface area contributed by atoms with Gasteiger partial charge >= 0.3 is 0 Å². The molecule has 0 bridgehead atoms. The quantitative estimate of drug-likeness (QED) is 0.789. The van der Waals surface area contributed by atoms with E-state index in [2.05, 4.69) is 4.98 Å². The Balaban J connectivity index is 2.01. The van der Waals surface area contributed by atoms with Crippen LogP contribution in [0, 0.1) is 0 Å². The van der Waals surface area contributed by atoms with Crippen LogP contribution in [0.2, 0.25) is 5.02 Å². The van der Waals surface area contributed by atoms with Crippen molar-refractivity contribution in [1.82, 2.24) is 4.98 Å². The summed E-state index contributed by atoms with van der Waals surface area (Å²) in [5.41, 5.74) is 1.88. The fourth-order valence-electron chi connectivity index (χ4n) is 2.10. The number of nitrogens with zero attached hydrogens (tertiary/aromatic N) is 2. The third kappa shape index (κ3) is 2.00.